The number of hydrogen-bond acceptors (Lipinski definition) is 3. The highest BCUT2D eigenvalue weighted by Crippen LogP contribution is 2.14. The summed E-state index contributed by atoms with van der Waals surface area (Å²) >= 11 is 0. The van der Waals surface area contributed by atoms with Crippen LogP contribution in [0.5, 0.6) is 11.5 Å². The molecule has 0 aromatic heterocycles. The first-order valence-electron chi connectivity index (χ1n) is 6.48. The third-order valence-corrected chi connectivity index (χ3v) is 2.78. The third kappa shape index (κ3) is 4.30. The van der Waals surface area contributed by atoms with E-state index in [1.54, 1.807) is 12.1 Å². The van der Waals surface area contributed by atoms with Gasteiger partial charge in [0, 0.05) is 13.1 Å². The Hall–Kier alpha value is -2.00. The number of phenols is 1. The SMILES string of the molecule is CCOc1cccc(CNCc2cccc(O)c2)c1. The summed E-state index contributed by atoms with van der Waals surface area (Å²) in [5.41, 5.74) is 2.26. The molecular weight excluding hydrogens is 238 g/mol. The molecule has 0 spiro atoms. The van der Waals surface area contributed by atoms with Gasteiger partial charge in [-0.25, -0.2) is 0 Å². The van der Waals surface area contributed by atoms with Crippen molar-refractivity contribution in [2.24, 2.45) is 0 Å². The van der Waals surface area contributed by atoms with Gasteiger partial charge < -0.3 is 15.2 Å². The van der Waals surface area contributed by atoms with Gasteiger partial charge in [-0.3, -0.25) is 0 Å². The van der Waals surface area contributed by atoms with Crippen molar-refractivity contribution in [1.29, 1.82) is 0 Å². The molecule has 0 radical (unpaired) electrons. The highest BCUT2D eigenvalue weighted by molar-refractivity contribution is 5.29. The summed E-state index contributed by atoms with van der Waals surface area (Å²) in [5, 5.41) is 12.7. The Morgan fingerprint density at radius 3 is 2.37 bits per heavy atom. The Morgan fingerprint density at radius 2 is 1.68 bits per heavy atom. The molecule has 100 valence electrons. The van der Waals surface area contributed by atoms with Gasteiger partial charge in [-0.05, 0) is 42.3 Å². The molecule has 2 N–H and O–H groups in total. The average Bonchev–Trinajstić information content (AvgIpc) is 2.40. The Morgan fingerprint density at radius 1 is 1.00 bits per heavy atom. The summed E-state index contributed by atoms with van der Waals surface area (Å²) in [5.74, 6) is 1.21. The van der Waals surface area contributed by atoms with Gasteiger partial charge in [0.05, 0.1) is 6.61 Å². The summed E-state index contributed by atoms with van der Waals surface area (Å²) in [7, 11) is 0. The maximum atomic E-state index is 9.38. The zero-order valence-corrected chi connectivity index (χ0v) is 11.1. The lowest BCUT2D eigenvalue weighted by Crippen LogP contribution is -2.12. The van der Waals surface area contributed by atoms with E-state index in [1.807, 2.05) is 37.3 Å². The number of ether oxygens (including phenoxy) is 1. The van der Waals surface area contributed by atoms with Crippen molar-refractivity contribution >= 4 is 0 Å². The van der Waals surface area contributed by atoms with Gasteiger partial charge in [0.2, 0.25) is 0 Å². The average molecular weight is 257 g/mol. The summed E-state index contributed by atoms with van der Waals surface area (Å²) in [6.07, 6.45) is 0. The van der Waals surface area contributed by atoms with E-state index in [-0.39, 0.29) is 0 Å². The van der Waals surface area contributed by atoms with Crippen molar-refractivity contribution in [1.82, 2.24) is 5.32 Å². The van der Waals surface area contributed by atoms with Crippen LogP contribution in [0, 0.1) is 0 Å². The number of rotatable bonds is 6. The second-order valence-electron chi connectivity index (χ2n) is 4.35. The van der Waals surface area contributed by atoms with Crippen molar-refractivity contribution < 1.29 is 9.84 Å². The predicted molar refractivity (Wildman–Crippen MR) is 76.3 cm³/mol. The van der Waals surface area contributed by atoms with Crippen molar-refractivity contribution in [2.75, 3.05) is 6.61 Å². The minimum absolute atomic E-state index is 0.303. The van der Waals surface area contributed by atoms with E-state index in [1.165, 1.54) is 5.56 Å². The largest absolute Gasteiger partial charge is 0.508 e. The lowest BCUT2D eigenvalue weighted by Gasteiger charge is -2.08. The molecule has 0 aliphatic rings. The number of benzene rings is 2. The summed E-state index contributed by atoms with van der Waals surface area (Å²) in [6.45, 7) is 4.16. The quantitative estimate of drug-likeness (QED) is 0.835. The molecule has 0 atom stereocenters. The molecule has 0 aliphatic heterocycles. The summed E-state index contributed by atoms with van der Waals surface area (Å²) < 4.78 is 5.47. The van der Waals surface area contributed by atoms with Crippen LogP contribution in [0.15, 0.2) is 48.5 Å². The molecule has 0 amide bonds. The second-order valence-corrected chi connectivity index (χ2v) is 4.35. The van der Waals surface area contributed by atoms with E-state index in [4.69, 9.17) is 4.74 Å². The highest BCUT2D eigenvalue weighted by atomic mass is 16.5. The molecular formula is C16H19NO2. The highest BCUT2D eigenvalue weighted by Gasteiger charge is 1.98. The van der Waals surface area contributed by atoms with E-state index in [9.17, 15) is 5.11 Å². The monoisotopic (exact) mass is 257 g/mol. The standard InChI is InChI=1S/C16H19NO2/c1-2-19-16-8-4-6-14(10-16)12-17-11-13-5-3-7-15(18)9-13/h3-10,17-18H,2,11-12H2,1H3. The van der Waals surface area contributed by atoms with Crippen LogP contribution in [-0.4, -0.2) is 11.7 Å². The second kappa shape index (κ2) is 6.81. The van der Waals surface area contributed by atoms with Crippen LogP contribution in [0.3, 0.4) is 0 Å². The molecule has 0 heterocycles. The van der Waals surface area contributed by atoms with E-state index in [0.29, 0.717) is 12.4 Å². The molecule has 0 aliphatic carbocycles. The van der Waals surface area contributed by atoms with Crippen LogP contribution in [0.1, 0.15) is 18.1 Å². The zero-order chi connectivity index (χ0) is 13.5. The van der Waals surface area contributed by atoms with Gasteiger partial charge in [0.1, 0.15) is 11.5 Å². The lowest BCUT2D eigenvalue weighted by atomic mass is 10.2. The topological polar surface area (TPSA) is 41.5 Å². The smallest absolute Gasteiger partial charge is 0.119 e. The molecule has 3 nitrogen and oxygen atoms in total. The normalized spacial score (nSPS) is 10.4. The molecule has 0 unspecified atom stereocenters. The van der Waals surface area contributed by atoms with Gasteiger partial charge >= 0.3 is 0 Å². The minimum atomic E-state index is 0.303. The molecule has 0 fully saturated rings. The van der Waals surface area contributed by atoms with Crippen molar-refractivity contribution in [2.45, 2.75) is 20.0 Å². The predicted octanol–water partition coefficient (Wildman–Crippen LogP) is 3.08. The van der Waals surface area contributed by atoms with E-state index < -0.39 is 0 Å². The maximum absolute atomic E-state index is 9.38. The van der Waals surface area contributed by atoms with Gasteiger partial charge in [0.15, 0.2) is 0 Å². The van der Waals surface area contributed by atoms with Gasteiger partial charge in [-0.2, -0.15) is 0 Å². The maximum Gasteiger partial charge on any atom is 0.119 e. The van der Waals surface area contributed by atoms with E-state index in [2.05, 4.69) is 11.4 Å². The molecule has 2 rings (SSSR count). The molecule has 3 heteroatoms. The number of nitrogens with one attached hydrogen (secondary N) is 1. The third-order valence-electron chi connectivity index (χ3n) is 2.78. The van der Waals surface area contributed by atoms with Gasteiger partial charge in [-0.15, -0.1) is 0 Å². The van der Waals surface area contributed by atoms with Crippen molar-refractivity contribution in [3.8, 4) is 11.5 Å². The van der Waals surface area contributed by atoms with Crippen LogP contribution in [0.4, 0.5) is 0 Å². The van der Waals surface area contributed by atoms with E-state index >= 15 is 0 Å². The minimum Gasteiger partial charge on any atom is -0.508 e. The fourth-order valence-corrected chi connectivity index (χ4v) is 1.93. The summed E-state index contributed by atoms with van der Waals surface area (Å²) in [6, 6.07) is 15.3. The first-order chi connectivity index (χ1) is 9.28. The fourth-order valence-electron chi connectivity index (χ4n) is 1.93. The molecule has 0 bridgehead atoms. The molecule has 2 aromatic carbocycles. The first-order valence-corrected chi connectivity index (χ1v) is 6.48. The van der Waals surface area contributed by atoms with Crippen LogP contribution in [0.25, 0.3) is 0 Å². The van der Waals surface area contributed by atoms with Crippen LogP contribution < -0.4 is 10.1 Å². The summed E-state index contributed by atoms with van der Waals surface area (Å²) in [4.78, 5) is 0. The van der Waals surface area contributed by atoms with E-state index in [0.717, 1.165) is 24.4 Å². The molecule has 2 aromatic rings. The number of aromatic hydroxyl groups is 1. The van der Waals surface area contributed by atoms with Gasteiger partial charge in [-0.1, -0.05) is 24.3 Å². The molecule has 0 saturated carbocycles. The Bertz CT molecular complexity index is 526. The Labute approximate surface area is 113 Å². The zero-order valence-electron chi connectivity index (χ0n) is 11.1. The van der Waals surface area contributed by atoms with Crippen LogP contribution in [0.2, 0.25) is 0 Å². The van der Waals surface area contributed by atoms with Gasteiger partial charge in [0.25, 0.3) is 0 Å². The molecule has 0 saturated heterocycles. The van der Waals surface area contributed by atoms with Crippen LogP contribution in [-0.2, 0) is 13.1 Å². The van der Waals surface area contributed by atoms with Crippen molar-refractivity contribution in [3.63, 3.8) is 0 Å². The number of phenolic OH excluding ortho intramolecular Hbond substituents is 1. The van der Waals surface area contributed by atoms with Crippen molar-refractivity contribution in [3.05, 3.63) is 59.7 Å². The fraction of sp³-hybridized carbons (Fsp3) is 0.250. The Balaban J connectivity index is 1.87. The van der Waals surface area contributed by atoms with Crippen LogP contribution >= 0.6 is 0 Å². The first kappa shape index (κ1) is 13.4. The number of hydrogen-bond donors (Lipinski definition) is 2. The Kier molecular flexibility index (Phi) is 4.81. The molecule has 19 heavy (non-hydrogen) atoms. The lowest BCUT2D eigenvalue weighted by molar-refractivity contribution is 0.340.